The molecule has 0 saturated heterocycles. The molecule has 0 radical (unpaired) electrons. The Hall–Kier alpha value is -3.20. The van der Waals surface area contributed by atoms with Crippen molar-refractivity contribution in [3.8, 4) is 5.75 Å². The van der Waals surface area contributed by atoms with Crippen LogP contribution in [0.2, 0.25) is 0 Å². The van der Waals surface area contributed by atoms with E-state index >= 15 is 0 Å². The third-order valence-electron chi connectivity index (χ3n) is 5.55. The maximum absolute atomic E-state index is 13.0. The number of carboxylic acid groups (broad SMARTS) is 1. The molecule has 0 fully saturated rings. The first kappa shape index (κ1) is 23.9. The highest BCUT2D eigenvalue weighted by Crippen LogP contribution is 2.36. The van der Waals surface area contributed by atoms with E-state index in [2.05, 4.69) is 0 Å². The Bertz CT molecular complexity index is 1310. The number of aromatic nitrogens is 2. The molecule has 2 aromatic carbocycles. The summed E-state index contributed by atoms with van der Waals surface area (Å²) in [6.45, 7) is 3.45. The van der Waals surface area contributed by atoms with Gasteiger partial charge in [-0.25, -0.2) is 9.48 Å². The zero-order valence-electron chi connectivity index (χ0n) is 18.6. The van der Waals surface area contributed by atoms with Crippen molar-refractivity contribution in [1.29, 1.82) is 0 Å². The molecule has 1 heterocycles. The molecule has 9 heteroatoms. The quantitative estimate of drug-likeness (QED) is 0.383. The minimum atomic E-state index is -4.31. The molecule has 0 aliphatic heterocycles. The van der Waals surface area contributed by atoms with Crippen molar-refractivity contribution >= 4 is 34.3 Å². The van der Waals surface area contributed by atoms with E-state index in [-0.39, 0.29) is 12.8 Å². The number of aliphatic carboxylic acids is 1. The van der Waals surface area contributed by atoms with E-state index < -0.39 is 24.3 Å². The third kappa shape index (κ3) is 5.30. The molecule has 1 aliphatic rings. The molecule has 1 aromatic heterocycles. The minimum absolute atomic E-state index is 0.0673. The van der Waals surface area contributed by atoms with Crippen LogP contribution in [0.4, 0.5) is 13.2 Å². The van der Waals surface area contributed by atoms with Crippen LogP contribution in [0.5, 0.6) is 5.75 Å². The molecule has 0 bridgehead atoms. The Labute approximate surface area is 198 Å². The number of halogens is 3. The molecule has 0 saturated carbocycles. The Morgan fingerprint density at radius 2 is 1.94 bits per heavy atom. The molecule has 0 amide bonds. The van der Waals surface area contributed by atoms with Crippen LogP contribution in [-0.4, -0.2) is 33.6 Å². The lowest BCUT2D eigenvalue weighted by Crippen LogP contribution is -2.14. The lowest BCUT2D eigenvalue weighted by atomic mass is 10.0. The number of nitrogens with zero attached hydrogens (tertiary/aromatic N) is 2. The van der Waals surface area contributed by atoms with Crippen molar-refractivity contribution in [2.45, 2.75) is 43.5 Å². The second-order valence-corrected chi connectivity index (χ2v) is 9.17. The largest absolute Gasteiger partial charge is 0.482 e. The van der Waals surface area contributed by atoms with Gasteiger partial charge in [0.05, 0.1) is 11.2 Å². The first-order valence-electron chi connectivity index (χ1n) is 10.7. The number of alkyl halides is 3. The van der Waals surface area contributed by atoms with Crippen molar-refractivity contribution < 1.29 is 27.8 Å². The van der Waals surface area contributed by atoms with Crippen LogP contribution >= 0.6 is 11.8 Å². The second kappa shape index (κ2) is 9.58. The topological polar surface area (TPSA) is 64.3 Å². The van der Waals surface area contributed by atoms with Gasteiger partial charge < -0.3 is 9.84 Å². The second-order valence-electron chi connectivity index (χ2n) is 8.13. The first-order chi connectivity index (χ1) is 16.1. The number of aryl methyl sites for hydroxylation is 2. The summed E-state index contributed by atoms with van der Waals surface area (Å²) in [7, 11) is 0. The highest BCUT2D eigenvalue weighted by Gasteiger charge is 2.34. The number of thioether (sulfide) groups is 1. The van der Waals surface area contributed by atoms with E-state index in [0.29, 0.717) is 11.5 Å². The molecule has 3 aromatic rings. The van der Waals surface area contributed by atoms with Crippen LogP contribution in [0.3, 0.4) is 0 Å². The molecule has 1 N–H and O–H groups in total. The summed E-state index contributed by atoms with van der Waals surface area (Å²) in [4.78, 5) is 11.7. The zero-order chi connectivity index (χ0) is 24.5. The Balaban J connectivity index is 1.59. The van der Waals surface area contributed by atoms with Crippen molar-refractivity contribution in [2.75, 3.05) is 6.61 Å². The van der Waals surface area contributed by atoms with Crippen molar-refractivity contribution in [2.24, 2.45) is 0 Å². The predicted octanol–water partition coefficient (Wildman–Crippen LogP) is 6.53. The highest BCUT2D eigenvalue weighted by atomic mass is 32.2. The van der Waals surface area contributed by atoms with Crippen LogP contribution in [0.1, 0.15) is 29.7 Å². The van der Waals surface area contributed by atoms with E-state index in [9.17, 15) is 18.0 Å². The van der Waals surface area contributed by atoms with Gasteiger partial charge in [-0.15, -0.1) is 11.8 Å². The molecule has 178 valence electrons. The van der Waals surface area contributed by atoms with Gasteiger partial charge in [0, 0.05) is 27.3 Å². The molecule has 0 atom stereocenters. The van der Waals surface area contributed by atoms with Crippen LogP contribution < -0.4 is 4.74 Å². The Morgan fingerprint density at radius 1 is 1.15 bits per heavy atom. The summed E-state index contributed by atoms with van der Waals surface area (Å²) in [5, 5.41) is 14.5. The Morgan fingerprint density at radius 3 is 2.59 bits per heavy atom. The monoisotopic (exact) mass is 488 g/mol. The number of benzene rings is 2. The zero-order valence-corrected chi connectivity index (χ0v) is 19.5. The summed E-state index contributed by atoms with van der Waals surface area (Å²) in [5.74, 6) is 0.0555. The molecule has 0 spiro atoms. The normalized spacial score (nSPS) is 14.1. The molecular formula is C25H23F3N2O3S. The predicted molar refractivity (Wildman–Crippen MR) is 126 cm³/mol. The number of carboxylic acids is 1. The average Bonchev–Trinajstić information content (AvgIpc) is 3.14. The molecule has 5 nitrogen and oxygen atoms in total. The lowest BCUT2D eigenvalue weighted by molar-refractivity contribution is -0.139. The number of fused-ring (bicyclic) bond motifs is 1. The van der Waals surface area contributed by atoms with Crippen LogP contribution in [0, 0.1) is 13.8 Å². The smallest absolute Gasteiger partial charge is 0.412 e. The average molecular weight is 489 g/mol. The van der Waals surface area contributed by atoms with Gasteiger partial charge in [-0.2, -0.15) is 18.3 Å². The number of ether oxygens (including phenoxy) is 1. The van der Waals surface area contributed by atoms with Crippen LogP contribution in [0.25, 0.3) is 16.6 Å². The minimum Gasteiger partial charge on any atom is -0.482 e. The number of rotatable bonds is 7. The van der Waals surface area contributed by atoms with E-state index in [4.69, 9.17) is 14.9 Å². The van der Waals surface area contributed by atoms with Gasteiger partial charge in [-0.3, -0.25) is 0 Å². The van der Waals surface area contributed by atoms with Gasteiger partial charge >= 0.3 is 12.1 Å². The highest BCUT2D eigenvalue weighted by molar-refractivity contribution is 7.98. The number of hydrogen-bond acceptors (Lipinski definition) is 4. The summed E-state index contributed by atoms with van der Waals surface area (Å²) in [6, 6.07) is 11.5. The van der Waals surface area contributed by atoms with Gasteiger partial charge in [-0.1, -0.05) is 17.7 Å². The summed E-state index contributed by atoms with van der Waals surface area (Å²) in [5.41, 5.74) is 3.83. The van der Waals surface area contributed by atoms with Gasteiger partial charge in [0.25, 0.3) is 0 Å². The van der Waals surface area contributed by atoms with Gasteiger partial charge in [0.2, 0.25) is 0 Å². The van der Waals surface area contributed by atoms with E-state index in [0.717, 1.165) is 44.4 Å². The molecular weight excluding hydrogens is 465 g/mol. The van der Waals surface area contributed by atoms with E-state index in [1.54, 1.807) is 22.5 Å². The summed E-state index contributed by atoms with van der Waals surface area (Å²) < 4.78 is 46.1. The number of allylic oxidation sites excluding steroid dienone is 4. The molecule has 1 aliphatic carbocycles. The van der Waals surface area contributed by atoms with Gasteiger partial charge in [-0.05, 0) is 68.7 Å². The van der Waals surface area contributed by atoms with Gasteiger partial charge in [0.1, 0.15) is 5.75 Å². The maximum Gasteiger partial charge on any atom is 0.412 e. The van der Waals surface area contributed by atoms with E-state index in [1.165, 1.54) is 6.08 Å². The fraction of sp³-hybridized carbons (Fsp3) is 0.280. The first-order valence-corrected chi connectivity index (χ1v) is 11.6. The summed E-state index contributed by atoms with van der Waals surface area (Å²) in [6.07, 6.45) is -1.46. The number of hydrogen-bond donors (Lipinski definition) is 1. The SMILES string of the molecule is Cc1ccc2c(c1)c(CSc1ccc(OCC(=O)O)c(C)c1)nn2C1=CC=C(C(F)(F)F)CC1. The number of carbonyl (C=O) groups is 1. The fourth-order valence-electron chi connectivity index (χ4n) is 3.82. The summed E-state index contributed by atoms with van der Waals surface area (Å²) >= 11 is 1.58. The fourth-order valence-corrected chi connectivity index (χ4v) is 4.76. The van der Waals surface area contributed by atoms with Crippen LogP contribution in [0.15, 0.2) is 59.0 Å². The van der Waals surface area contributed by atoms with E-state index in [1.807, 2.05) is 44.2 Å². The van der Waals surface area contributed by atoms with Crippen molar-refractivity contribution in [3.63, 3.8) is 0 Å². The molecule has 0 unspecified atom stereocenters. The standard InChI is InChI=1S/C25H23F3N2O3S/c1-15-3-9-22-20(11-15)21(29-30(22)18-6-4-17(5-7-18)25(26,27)28)14-34-19-8-10-23(16(2)12-19)33-13-24(31)32/h3-4,6,8-12H,5,7,13-14H2,1-2H3,(H,31,32). The van der Waals surface area contributed by atoms with Gasteiger partial charge in [0.15, 0.2) is 6.61 Å². The van der Waals surface area contributed by atoms with Crippen LogP contribution in [-0.2, 0) is 10.5 Å². The maximum atomic E-state index is 13.0. The molecule has 34 heavy (non-hydrogen) atoms. The van der Waals surface area contributed by atoms with Crippen molar-refractivity contribution in [3.05, 3.63) is 70.9 Å². The molecule has 4 rings (SSSR count). The Kier molecular flexibility index (Phi) is 6.74. The van der Waals surface area contributed by atoms with Crippen molar-refractivity contribution in [1.82, 2.24) is 9.78 Å². The lowest BCUT2D eigenvalue weighted by Gasteiger charge is -2.17. The third-order valence-corrected chi connectivity index (χ3v) is 6.55.